The highest BCUT2D eigenvalue weighted by molar-refractivity contribution is 5.36. The molecule has 1 aromatic carbocycles. The number of hydrogen-bond donors (Lipinski definition) is 2. The topological polar surface area (TPSA) is 58.0 Å². The third kappa shape index (κ3) is 1.92. The second-order valence-corrected chi connectivity index (χ2v) is 4.24. The number of benzene rings is 1. The molecule has 0 aliphatic heterocycles. The van der Waals surface area contributed by atoms with Crippen molar-refractivity contribution in [3.63, 3.8) is 0 Å². The van der Waals surface area contributed by atoms with E-state index in [0.29, 0.717) is 0 Å². The van der Waals surface area contributed by atoms with E-state index in [4.69, 9.17) is 0 Å². The largest absolute Gasteiger partial charge is 0.386 e. The summed E-state index contributed by atoms with van der Waals surface area (Å²) in [4.78, 5) is 13.9. The molecule has 0 fully saturated rings. The van der Waals surface area contributed by atoms with Crippen molar-refractivity contribution < 1.29 is 5.11 Å². The summed E-state index contributed by atoms with van der Waals surface area (Å²) in [5, 5.41) is 9.79. The van der Waals surface area contributed by atoms with Gasteiger partial charge in [-0.1, -0.05) is 12.1 Å². The highest BCUT2D eigenvalue weighted by atomic mass is 16.3. The maximum Gasteiger partial charge on any atom is 0.330 e. The van der Waals surface area contributed by atoms with Crippen LogP contribution >= 0.6 is 0 Å². The Bertz CT molecular complexity index is 529. The Morgan fingerprint density at radius 2 is 1.88 bits per heavy atom. The molecule has 84 valence electrons. The van der Waals surface area contributed by atoms with Crippen molar-refractivity contribution in [3.05, 3.63) is 52.7 Å². The average Bonchev–Trinajstić information content (AvgIpc) is 2.63. The number of aromatic nitrogens is 2. The van der Waals surface area contributed by atoms with Crippen LogP contribution in [-0.2, 0) is 5.60 Å². The Balaban J connectivity index is 2.41. The molecule has 1 aromatic heterocycles. The number of hydrogen-bond acceptors (Lipinski definition) is 2. The van der Waals surface area contributed by atoms with E-state index in [1.807, 2.05) is 24.3 Å². The van der Waals surface area contributed by atoms with Crippen LogP contribution in [0.25, 0.3) is 5.69 Å². The van der Waals surface area contributed by atoms with Crippen LogP contribution in [0.2, 0.25) is 0 Å². The van der Waals surface area contributed by atoms with Gasteiger partial charge in [0.1, 0.15) is 0 Å². The third-order valence-electron chi connectivity index (χ3n) is 2.50. The molecule has 2 rings (SSSR count). The Morgan fingerprint density at radius 3 is 2.31 bits per heavy atom. The fraction of sp³-hybridized carbons (Fsp3) is 0.250. The van der Waals surface area contributed by atoms with Gasteiger partial charge in [-0.3, -0.25) is 4.57 Å². The van der Waals surface area contributed by atoms with Gasteiger partial charge in [0.2, 0.25) is 0 Å². The standard InChI is InChI=1S/C12H14N2O2/c1-12(2,16)9-3-5-10(6-4-9)14-8-7-13-11(14)15/h3-8,16H,1-2H3,(H,13,15). The van der Waals surface area contributed by atoms with Crippen molar-refractivity contribution in [2.24, 2.45) is 0 Å². The van der Waals surface area contributed by atoms with Gasteiger partial charge in [0, 0.05) is 12.4 Å². The highest BCUT2D eigenvalue weighted by Crippen LogP contribution is 2.20. The SMILES string of the molecule is CC(C)(O)c1ccc(-n2cc[nH]c2=O)cc1. The van der Waals surface area contributed by atoms with Gasteiger partial charge >= 0.3 is 5.69 Å². The van der Waals surface area contributed by atoms with Crippen molar-refractivity contribution in [2.45, 2.75) is 19.4 Å². The number of nitrogens with zero attached hydrogens (tertiary/aromatic N) is 1. The first-order valence-electron chi connectivity index (χ1n) is 5.08. The summed E-state index contributed by atoms with van der Waals surface area (Å²) in [6, 6.07) is 7.24. The Morgan fingerprint density at radius 1 is 1.25 bits per heavy atom. The lowest BCUT2D eigenvalue weighted by Gasteiger charge is -2.17. The van der Waals surface area contributed by atoms with E-state index in [1.165, 1.54) is 4.57 Å². The van der Waals surface area contributed by atoms with Crippen molar-refractivity contribution in [3.8, 4) is 5.69 Å². The number of imidazole rings is 1. The minimum atomic E-state index is -0.859. The number of nitrogens with one attached hydrogen (secondary N) is 1. The van der Waals surface area contributed by atoms with E-state index in [2.05, 4.69) is 4.98 Å². The van der Waals surface area contributed by atoms with Crippen LogP contribution in [0.4, 0.5) is 0 Å². The van der Waals surface area contributed by atoms with Crippen LogP contribution in [0.3, 0.4) is 0 Å². The third-order valence-corrected chi connectivity index (χ3v) is 2.50. The summed E-state index contributed by atoms with van der Waals surface area (Å²) in [7, 11) is 0. The molecule has 0 saturated heterocycles. The molecule has 0 amide bonds. The second-order valence-electron chi connectivity index (χ2n) is 4.24. The first kappa shape index (κ1) is 10.7. The lowest BCUT2D eigenvalue weighted by molar-refractivity contribution is 0.0786. The van der Waals surface area contributed by atoms with Crippen LogP contribution in [0, 0.1) is 0 Å². The molecule has 0 spiro atoms. The van der Waals surface area contributed by atoms with E-state index < -0.39 is 5.60 Å². The Labute approximate surface area is 93.2 Å². The molecule has 0 atom stereocenters. The minimum absolute atomic E-state index is 0.170. The molecule has 1 heterocycles. The first-order chi connectivity index (χ1) is 7.48. The van der Waals surface area contributed by atoms with Crippen molar-refractivity contribution >= 4 is 0 Å². The average molecular weight is 218 g/mol. The van der Waals surface area contributed by atoms with Gasteiger partial charge in [0.25, 0.3) is 0 Å². The Hall–Kier alpha value is -1.81. The molecule has 16 heavy (non-hydrogen) atoms. The van der Waals surface area contributed by atoms with E-state index in [0.717, 1.165) is 11.3 Å². The van der Waals surface area contributed by atoms with Gasteiger partial charge < -0.3 is 10.1 Å². The van der Waals surface area contributed by atoms with Gasteiger partial charge in [-0.15, -0.1) is 0 Å². The molecule has 0 saturated carbocycles. The van der Waals surface area contributed by atoms with Crippen molar-refractivity contribution in [1.29, 1.82) is 0 Å². The summed E-state index contributed by atoms with van der Waals surface area (Å²) in [5.41, 5.74) is 0.567. The van der Waals surface area contributed by atoms with Crippen molar-refractivity contribution in [1.82, 2.24) is 9.55 Å². The van der Waals surface area contributed by atoms with E-state index in [-0.39, 0.29) is 5.69 Å². The van der Waals surface area contributed by atoms with Crippen molar-refractivity contribution in [2.75, 3.05) is 0 Å². The smallest absolute Gasteiger partial charge is 0.330 e. The van der Waals surface area contributed by atoms with Gasteiger partial charge in [0.15, 0.2) is 0 Å². The maximum absolute atomic E-state index is 11.4. The van der Waals surface area contributed by atoms with E-state index in [9.17, 15) is 9.90 Å². The summed E-state index contributed by atoms with van der Waals surface area (Å²) in [6.07, 6.45) is 3.26. The maximum atomic E-state index is 11.4. The van der Waals surface area contributed by atoms with Crippen LogP contribution in [-0.4, -0.2) is 14.7 Å². The molecular formula is C12H14N2O2. The van der Waals surface area contributed by atoms with Crippen LogP contribution in [0.1, 0.15) is 19.4 Å². The number of aromatic amines is 1. The molecular weight excluding hydrogens is 204 g/mol. The minimum Gasteiger partial charge on any atom is -0.386 e. The summed E-state index contributed by atoms with van der Waals surface area (Å²) < 4.78 is 1.51. The molecule has 0 radical (unpaired) electrons. The van der Waals surface area contributed by atoms with Gasteiger partial charge in [-0.25, -0.2) is 4.79 Å². The number of H-pyrrole nitrogens is 1. The molecule has 0 unspecified atom stereocenters. The first-order valence-corrected chi connectivity index (χ1v) is 5.08. The molecule has 0 aliphatic carbocycles. The van der Waals surface area contributed by atoms with Crippen LogP contribution in [0.5, 0.6) is 0 Å². The molecule has 4 nitrogen and oxygen atoms in total. The summed E-state index contributed by atoms with van der Waals surface area (Å²) in [5.74, 6) is 0. The molecule has 0 aliphatic rings. The second kappa shape index (κ2) is 3.64. The molecule has 4 heteroatoms. The zero-order valence-electron chi connectivity index (χ0n) is 9.27. The zero-order valence-corrected chi connectivity index (χ0v) is 9.27. The fourth-order valence-electron chi connectivity index (χ4n) is 1.55. The van der Waals surface area contributed by atoms with Crippen LogP contribution < -0.4 is 5.69 Å². The molecule has 0 bridgehead atoms. The van der Waals surface area contributed by atoms with Gasteiger partial charge in [0.05, 0.1) is 11.3 Å². The predicted molar refractivity (Wildman–Crippen MR) is 61.6 cm³/mol. The Kier molecular flexibility index (Phi) is 2.44. The highest BCUT2D eigenvalue weighted by Gasteiger charge is 2.15. The molecule has 2 N–H and O–H groups in total. The van der Waals surface area contributed by atoms with E-state index in [1.54, 1.807) is 26.2 Å². The van der Waals surface area contributed by atoms with Gasteiger partial charge in [-0.05, 0) is 31.5 Å². The van der Waals surface area contributed by atoms with Gasteiger partial charge in [-0.2, -0.15) is 0 Å². The van der Waals surface area contributed by atoms with E-state index >= 15 is 0 Å². The number of aliphatic hydroxyl groups is 1. The number of rotatable bonds is 2. The normalized spacial score (nSPS) is 11.7. The lowest BCUT2D eigenvalue weighted by Crippen LogP contribution is -2.17. The summed E-state index contributed by atoms with van der Waals surface area (Å²) >= 11 is 0. The fourth-order valence-corrected chi connectivity index (χ4v) is 1.55. The molecule has 2 aromatic rings. The predicted octanol–water partition coefficient (Wildman–Crippen LogP) is 1.39. The zero-order chi connectivity index (χ0) is 11.8. The lowest BCUT2D eigenvalue weighted by atomic mass is 9.98. The quantitative estimate of drug-likeness (QED) is 0.800. The monoisotopic (exact) mass is 218 g/mol. The van der Waals surface area contributed by atoms with Crippen LogP contribution in [0.15, 0.2) is 41.5 Å². The summed E-state index contributed by atoms with van der Waals surface area (Å²) in [6.45, 7) is 3.45.